The van der Waals surface area contributed by atoms with Crippen LogP contribution < -0.4 is 5.32 Å². The van der Waals surface area contributed by atoms with E-state index in [-0.39, 0.29) is 11.1 Å². The highest BCUT2D eigenvalue weighted by molar-refractivity contribution is 5.34. The molecule has 0 heterocycles. The van der Waals surface area contributed by atoms with Crippen molar-refractivity contribution in [3.05, 3.63) is 70.8 Å². The Bertz CT molecular complexity index is 572. The van der Waals surface area contributed by atoms with Gasteiger partial charge in [0.05, 0.1) is 6.04 Å². The Kier molecular flexibility index (Phi) is 4.39. The van der Waals surface area contributed by atoms with Gasteiger partial charge in [-0.1, -0.05) is 13.0 Å². The third kappa shape index (κ3) is 2.99. The molecule has 0 aromatic heterocycles. The maximum absolute atomic E-state index is 13.8. The van der Waals surface area contributed by atoms with Gasteiger partial charge in [0.2, 0.25) is 0 Å². The summed E-state index contributed by atoms with van der Waals surface area (Å²) in [5.41, 5.74) is -0.118. The van der Waals surface area contributed by atoms with Crippen LogP contribution in [0.25, 0.3) is 0 Å². The van der Waals surface area contributed by atoms with Crippen LogP contribution in [0.4, 0.5) is 17.6 Å². The average molecular weight is 283 g/mol. The molecule has 1 unspecified atom stereocenters. The Hall–Kier alpha value is -1.88. The van der Waals surface area contributed by atoms with E-state index < -0.39 is 29.3 Å². The lowest BCUT2D eigenvalue weighted by Gasteiger charge is -2.20. The van der Waals surface area contributed by atoms with Crippen LogP contribution in [0.5, 0.6) is 0 Å². The Labute approximate surface area is 114 Å². The Morgan fingerprint density at radius 1 is 0.950 bits per heavy atom. The van der Waals surface area contributed by atoms with Crippen molar-refractivity contribution in [2.45, 2.75) is 13.0 Å². The first-order valence-corrected chi connectivity index (χ1v) is 6.16. The molecule has 1 atom stereocenters. The highest BCUT2D eigenvalue weighted by Crippen LogP contribution is 2.28. The molecular weight excluding hydrogens is 270 g/mol. The molecule has 0 saturated carbocycles. The molecule has 5 heteroatoms. The van der Waals surface area contributed by atoms with Crippen molar-refractivity contribution >= 4 is 0 Å². The molecule has 1 N–H and O–H groups in total. The molecule has 0 saturated heterocycles. The molecule has 2 aromatic rings. The van der Waals surface area contributed by atoms with E-state index >= 15 is 0 Å². The van der Waals surface area contributed by atoms with Crippen LogP contribution in [-0.2, 0) is 0 Å². The van der Waals surface area contributed by atoms with Crippen molar-refractivity contribution < 1.29 is 17.6 Å². The smallest absolute Gasteiger partial charge is 0.131 e. The van der Waals surface area contributed by atoms with Gasteiger partial charge in [-0.05, 0) is 36.4 Å². The quantitative estimate of drug-likeness (QED) is 0.838. The monoisotopic (exact) mass is 283 g/mol. The highest BCUT2D eigenvalue weighted by atomic mass is 19.1. The second-order valence-electron chi connectivity index (χ2n) is 4.33. The molecule has 20 heavy (non-hydrogen) atoms. The summed E-state index contributed by atoms with van der Waals surface area (Å²) in [7, 11) is 0. The van der Waals surface area contributed by atoms with Gasteiger partial charge in [0.15, 0.2) is 0 Å². The number of hydrogen-bond acceptors (Lipinski definition) is 1. The van der Waals surface area contributed by atoms with E-state index in [2.05, 4.69) is 5.32 Å². The first-order chi connectivity index (χ1) is 9.52. The average Bonchev–Trinajstić information content (AvgIpc) is 2.36. The lowest BCUT2D eigenvalue weighted by Crippen LogP contribution is -2.24. The number of nitrogens with one attached hydrogen (secondary N) is 1. The first kappa shape index (κ1) is 14.5. The summed E-state index contributed by atoms with van der Waals surface area (Å²) in [4.78, 5) is 0. The first-order valence-electron chi connectivity index (χ1n) is 6.16. The van der Waals surface area contributed by atoms with E-state index in [1.807, 2.05) is 0 Å². The minimum atomic E-state index is -0.952. The van der Waals surface area contributed by atoms with Gasteiger partial charge in [0.25, 0.3) is 0 Å². The third-order valence-electron chi connectivity index (χ3n) is 2.91. The molecule has 0 aliphatic rings. The minimum Gasteiger partial charge on any atom is -0.306 e. The van der Waals surface area contributed by atoms with Gasteiger partial charge in [-0.2, -0.15) is 0 Å². The minimum absolute atomic E-state index is 0.133. The Morgan fingerprint density at radius 3 is 2.00 bits per heavy atom. The number of hydrogen-bond donors (Lipinski definition) is 1. The van der Waals surface area contributed by atoms with Crippen molar-refractivity contribution in [2.24, 2.45) is 0 Å². The van der Waals surface area contributed by atoms with Crippen molar-refractivity contribution in [3.8, 4) is 0 Å². The molecule has 0 amide bonds. The summed E-state index contributed by atoms with van der Waals surface area (Å²) in [5, 5.41) is 2.84. The second-order valence-corrected chi connectivity index (χ2v) is 4.33. The van der Waals surface area contributed by atoms with Crippen LogP contribution in [0.1, 0.15) is 24.1 Å². The van der Waals surface area contributed by atoms with Crippen molar-refractivity contribution in [1.82, 2.24) is 5.32 Å². The largest absolute Gasteiger partial charge is 0.306 e. The molecule has 2 aromatic carbocycles. The van der Waals surface area contributed by atoms with Gasteiger partial charge in [-0.25, -0.2) is 17.6 Å². The molecule has 106 valence electrons. The predicted octanol–water partition coefficient (Wildman–Crippen LogP) is 3.94. The highest BCUT2D eigenvalue weighted by Gasteiger charge is 2.22. The Morgan fingerprint density at radius 2 is 1.50 bits per heavy atom. The molecule has 0 fully saturated rings. The number of halogens is 4. The van der Waals surface area contributed by atoms with E-state index in [0.29, 0.717) is 12.6 Å². The van der Waals surface area contributed by atoms with Gasteiger partial charge in [0, 0.05) is 11.6 Å². The van der Waals surface area contributed by atoms with Crippen molar-refractivity contribution in [3.63, 3.8) is 0 Å². The van der Waals surface area contributed by atoms with Gasteiger partial charge >= 0.3 is 0 Å². The molecule has 0 aliphatic carbocycles. The molecular formula is C15H13F4N. The summed E-state index contributed by atoms with van der Waals surface area (Å²) < 4.78 is 54.3. The van der Waals surface area contributed by atoms with Crippen LogP contribution in [-0.4, -0.2) is 6.54 Å². The van der Waals surface area contributed by atoms with Crippen molar-refractivity contribution in [2.75, 3.05) is 6.54 Å². The summed E-state index contributed by atoms with van der Waals surface area (Å²) in [6.07, 6.45) is 0. The maximum atomic E-state index is 13.8. The standard InChI is InChI=1S/C15H13F4N/c1-2-20-15(9-6-10(16)8-11(17)7-9)14-12(18)4-3-5-13(14)19/h3-8,15,20H,2H2,1H3. The number of rotatable bonds is 4. The molecule has 0 aliphatic heterocycles. The van der Waals surface area contributed by atoms with Gasteiger partial charge in [0.1, 0.15) is 23.3 Å². The van der Waals surface area contributed by atoms with Gasteiger partial charge in [-0.15, -0.1) is 0 Å². The van der Waals surface area contributed by atoms with Crippen LogP contribution >= 0.6 is 0 Å². The fourth-order valence-corrected chi connectivity index (χ4v) is 2.12. The zero-order chi connectivity index (χ0) is 14.7. The topological polar surface area (TPSA) is 12.0 Å². The third-order valence-corrected chi connectivity index (χ3v) is 2.91. The fraction of sp³-hybridized carbons (Fsp3) is 0.200. The van der Waals surface area contributed by atoms with Gasteiger partial charge in [-0.3, -0.25) is 0 Å². The summed E-state index contributed by atoms with van der Waals surface area (Å²) in [6.45, 7) is 2.12. The molecule has 0 spiro atoms. The predicted molar refractivity (Wildman–Crippen MR) is 68.2 cm³/mol. The molecule has 0 radical (unpaired) electrons. The van der Waals surface area contributed by atoms with E-state index in [0.717, 1.165) is 24.3 Å². The zero-order valence-corrected chi connectivity index (χ0v) is 10.8. The van der Waals surface area contributed by atoms with Gasteiger partial charge < -0.3 is 5.32 Å². The SMILES string of the molecule is CCNC(c1cc(F)cc(F)c1)c1c(F)cccc1F. The fourth-order valence-electron chi connectivity index (χ4n) is 2.12. The summed E-state index contributed by atoms with van der Waals surface area (Å²) >= 11 is 0. The zero-order valence-electron chi connectivity index (χ0n) is 10.8. The van der Waals surface area contributed by atoms with E-state index in [4.69, 9.17) is 0 Å². The van der Waals surface area contributed by atoms with Crippen LogP contribution in [0, 0.1) is 23.3 Å². The lowest BCUT2D eigenvalue weighted by atomic mass is 9.97. The Balaban J connectivity index is 2.56. The lowest BCUT2D eigenvalue weighted by molar-refractivity contribution is 0.504. The van der Waals surface area contributed by atoms with Crippen molar-refractivity contribution in [1.29, 1.82) is 0 Å². The normalized spacial score (nSPS) is 12.4. The number of benzene rings is 2. The summed E-state index contributed by atoms with van der Waals surface area (Å²) in [5.74, 6) is -3.11. The van der Waals surface area contributed by atoms with Crippen LogP contribution in [0.2, 0.25) is 0 Å². The van der Waals surface area contributed by atoms with Crippen LogP contribution in [0.3, 0.4) is 0 Å². The second kappa shape index (κ2) is 6.05. The molecule has 2 rings (SSSR count). The molecule has 1 nitrogen and oxygen atoms in total. The summed E-state index contributed by atoms with van der Waals surface area (Å²) in [6, 6.07) is 5.33. The van der Waals surface area contributed by atoms with E-state index in [1.54, 1.807) is 6.92 Å². The van der Waals surface area contributed by atoms with E-state index in [9.17, 15) is 17.6 Å². The van der Waals surface area contributed by atoms with E-state index in [1.165, 1.54) is 6.07 Å². The van der Waals surface area contributed by atoms with Crippen LogP contribution in [0.15, 0.2) is 36.4 Å². The molecule has 0 bridgehead atoms. The maximum Gasteiger partial charge on any atom is 0.131 e.